The summed E-state index contributed by atoms with van der Waals surface area (Å²) in [5.41, 5.74) is 1.23. The lowest BCUT2D eigenvalue weighted by atomic mass is 10.0. The summed E-state index contributed by atoms with van der Waals surface area (Å²) >= 11 is 0. The number of likely N-dealkylation sites (tertiary alicyclic amines) is 1. The predicted octanol–water partition coefficient (Wildman–Crippen LogP) is 1.64. The van der Waals surface area contributed by atoms with Crippen LogP contribution in [0, 0.1) is 0 Å². The van der Waals surface area contributed by atoms with E-state index in [1.165, 1.54) is 19.0 Å². The molecule has 1 aliphatic rings. The maximum atomic E-state index is 11.5. The first-order valence-corrected chi connectivity index (χ1v) is 9.48. The van der Waals surface area contributed by atoms with Gasteiger partial charge < -0.3 is 9.64 Å². The summed E-state index contributed by atoms with van der Waals surface area (Å²) in [6.45, 7) is 1.89. The van der Waals surface area contributed by atoms with Crippen LogP contribution in [-0.4, -0.2) is 52.4 Å². The van der Waals surface area contributed by atoms with E-state index in [-0.39, 0.29) is 5.75 Å². The number of sulfonamides is 1. The molecule has 1 fully saturated rings. The van der Waals surface area contributed by atoms with Crippen LogP contribution in [0.5, 0.6) is 5.75 Å². The molecule has 2 rings (SSSR count). The van der Waals surface area contributed by atoms with Gasteiger partial charge in [-0.15, -0.1) is 0 Å². The minimum absolute atomic E-state index is 0.196. The molecule has 0 unspecified atom stereocenters. The fraction of sp³-hybridized carbons (Fsp3) is 0.625. The van der Waals surface area contributed by atoms with Crippen molar-refractivity contribution < 1.29 is 13.2 Å². The van der Waals surface area contributed by atoms with Gasteiger partial charge in [-0.3, -0.25) is 0 Å². The van der Waals surface area contributed by atoms with Gasteiger partial charge in [-0.05, 0) is 57.5 Å². The highest BCUT2D eigenvalue weighted by atomic mass is 32.2. The van der Waals surface area contributed by atoms with Crippen molar-refractivity contribution in [1.82, 2.24) is 9.62 Å². The van der Waals surface area contributed by atoms with Crippen molar-refractivity contribution in [3.8, 4) is 5.75 Å². The molecule has 0 aromatic heterocycles. The van der Waals surface area contributed by atoms with Crippen LogP contribution in [0.3, 0.4) is 0 Å². The first-order valence-electron chi connectivity index (χ1n) is 7.83. The number of hydrogen-bond acceptors (Lipinski definition) is 4. The number of hydrogen-bond donors (Lipinski definition) is 1. The predicted molar refractivity (Wildman–Crippen MR) is 88.8 cm³/mol. The second-order valence-corrected chi connectivity index (χ2v) is 7.77. The Balaban J connectivity index is 1.90. The summed E-state index contributed by atoms with van der Waals surface area (Å²) in [5, 5.41) is 0. The normalized spacial score (nSPS) is 19.5. The molecule has 1 N–H and O–H groups in total. The molecule has 1 saturated heterocycles. The molecular formula is C16H26N2O3S. The third kappa shape index (κ3) is 4.69. The fourth-order valence-electron chi connectivity index (χ4n) is 3.11. The maximum absolute atomic E-state index is 11.5. The minimum Gasteiger partial charge on any atom is -0.496 e. The summed E-state index contributed by atoms with van der Waals surface area (Å²) in [5.74, 6) is 1.13. The Morgan fingerprint density at radius 2 is 2.14 bits per heavy atom. The van der Waals surface area contributed by atoms with Crippen LogP contribution < -0.4 is 9.46 Å². The SMILES string of the molecule is CNS(=O)(=O)CCCN1CCC[C@H]1Cc1ccccc1OC. The van der Waals surface area contributed by atoms with Crippen LogP contribution in [-0.2, 0) is 16.4 Å². The van der Waals surface area contributed by atoms with Gasteiger partial charge in [-0.25, -0.2) is 13.1 Å². The summed E-state index contributed by atoms with van der Waals surface area (Å²) in [6, 6.07) is 8.61. The highest BCUT2D eigenvalue weighted by Gasteiger charge is 2.25. The van der Waals surface area contributed by atoms with Crippen molar-refractivity contribution in [3.05, 3.63) is 29.8 Å². The number of benzene rings is 1. The van der Waals surface area contributed by atoms with Gasteiger partial charge in [0.05, 0.1) is 12.9 Å². The Kier molecular flexibility index (Phi) is 6.23. The molecular weight excluding hydrogens is 300 g/mol. The average molecular weight is 326 g/mol. The molecule has 0 radical (unpaired) electrons. The molecule has 22 heavy (non-hydrogen) atoms. The zero-order chi connectivity index (χ0) is 16.0. The molecule has 124 valence electrons. The number of methoxy groups -OCH3 is 1. The lowest BCUT2D eigenvalue weighted by Gasteiger charge is -2.25. The third-order valence-corrected chi connectivity index (χ3v) is 5.76. The van der Waals surface area contributed by atoms with Crippen LogP contribution >= 0.6 is 0 Å². The average Bonchev–Trinajstić information content (AvgIpc) is 2.95. The van der Waals surface area contributed by atoms with Crippen molar-refractivity contribution in [2.24, 2.45) is 0 Å². The molecule has 0 saturated carbocycles. The van der Waals surface area contributed by atoms with Crippen molar-refractivity contribution in [2.45, 2.75) is 31.7 Å². The Bertz CT molecular complexity index is 575. The first-order chi connectivity index (χ1) is 10.6. The second-order valence-electron chi connectivity index (χ2n) is 5.72. The Morgan fingerprint density at radius 3 is 2.86 bits per heavy atom. The maximum Gasteiger partial charge on any atom is 0.211 e. The highest BCUT2D eigenvalue weighted by Crippen LogP contribution is 2.26. The van der Waals surface area contributed by atoms with Gasteiger partial charge in [0.2, 0.25) is 10.0 Å². The molecule has 5 nitrogen and oxygen atoms in total. The van der Waals surface area contributed by atoms with Gasteiger partial charge in [0.15, 0.2) is 0 Å². The van der Waals surface area contributed by atoms with Crippen LogP contribution in [0.15, 0.2) is 24.3 Å². The van der Waals surface area contributed by atoms with E-state index in [1.807, 2.05) is 18.2 Å². The topological polar surface area (TPSA) is 58.6 Å². The largest absolute Gasteiger partial charge is 0.496 e. The van der Waals surface area contributed by atoms with E-state index >= 15 is 0 Å². The highest BCUT2D eigenvalue weighted by molar-refractivity contribution is 7.89. The Morgan fingerprint density at radius 1 is 1.36 bits per heavy atom. The van der Waals surface area contributed by atoms with E-state index in [0.717, 1.165) is 31.7 Å². The van der Waals surface area contributed by atoms with Crippen LogP contribution in [0.25, 0.3) is 0 Å². The van der Waals surface area contributed by atoms with E-state index in [9.17, 15) is 8.42 Å². The van der Waals surface area contributed by atoms with Gasteiger partial charge in [0, 0.05) is 6.04 Å². The lowest BCUT2D eigenvalue weighted by molar-refractivity contribution is 0.251. The number of para-hydroxylation sites is 1. The smallest absolute Gasteiger partial charge is 0.211 e. The van der Waals surface area contributed by atoms with Crippen LogP contribution in [0.2, 0.25) is 0 Å². The lowest BCUT2D eigenvalue weighted by Crippen LogP contribution is -2.33. The van der Waals surface area contributed by atoms with Crippen LogP contribution in [0.4, 0.5) is 0 Å². The number of nitrogens with zero attached hydrogens (tertiary/aromatic N) is 1. The molecule has 1 atom stereocenters. The quantitative estimate of drug-likeness (QED) is 0.789. The van der Waals surface area contributed by atoms with Crippen molar-refractivity contribution in [3.63, 3.8) is 0 Å². The molecule has 0 amide bonds. The zero-order valence-electron chi connectivity index (χ0n) is 13.4. The molecule has 0 spiro atoms. The molecule has 6 heteroatoms. The fourth-order valence-corrected chi connectivity index (χ4v) is 3.82. The summed E-state index contributed by atoms with van der Waals surface area (Å²) in [6.07, 6.45) is 3.98. The van der Waals surface area contributed by atoms with E-state index < -0.39 is 10.0 Å². The summed E-state index contributed by atoms with van der Waals surface area (Å²) in [7, 11) is 0.0753. The first kappa shape index (κ1) is 17.2. The molecule has 0 aliphatic carbocycles. The summed E-state index contributed by atoms with van der Waals surface area (Å²) in [4.78, 5) is 2.41. The Hall–Kier alpha value is -1.11. The molecule has 1 aromatic carbocycles. The third-order valence-electron chi connectivity index (χ3n) is 4.32. The number of rotatable bonds is 8. The van der Waals surface area contributed by atoms with Gasteiger partial charge in [-0.2, -0.15) is 0 Å². The monoisotopic (exact) mass is 326 g/mol. The second kappa shape index (κ2) is 7.94. The van der Waals surface area contributed by atoms with Crippen LogP contribution in [0.1, 0.15) is 24.8 Å². The van der Waals surface area contributed by atoms with Gasteiger partial charge in [-0.1, -0.05) is 18.2 Å². The number of nitrogens with one attached hydrogen (secondary N) is 1. The standard InChI is InChI=1S/C16H26N2O3S/c1-17-22(19,20)12-6-11-18-10-5-8-15(18)13-14-7-3-4-9-16(14)21-2/h3-4,7,9,15,17H,5-6,8,10-13H2,1-2H3/t15-/m0/s1. The molecule has 1 heterocycles. The molecule has 0 bridgehead atoms. The summed E-state index contributed by atoms with van der Waals surface area (Å²) < 4.78 is 30.8. The van der Waals surface area contributed by atoms with Gasteiger partial charge in [0.1, 0.15) is 5.75 Å². The zero-order valence-corrected chi connectivity index (χ0v) is 14.2. The minimum atomic E-state index is -3.09. The van der Waals surface area contributed by atoms with E-state index in [2.05, 4.69) is 15.7 Å². The molecule has 1 aromatic rings. The van der Waals surface area contributed by atoms with Crippen molar-refractivity contribution in [1.29, 1.82) is 0 Å². The van der Waals surface area contributed by atoms with E-state index in [0.29, 0.717) is 12.5 Å². The van der Waals surface area contributed by atoms with E-state index in [4.69, 9.17) is 4.74 Å². The Labute approximate surface area is 133 Å². The molecule has 1 aliphatic heterocycles. The van der Waals surface area contributed by atoms with E-state index in [1.54, 1.807) is 7.11 Å². The van der Waals surface area contributed by atoms with Crippen molar-refractivity contribution in [2.75, 3.05) is 33.0 Å². The van der Waals surface area contributed by atoms with Gasteiger partial charge in [0.25, 0.3) is 0 Å². The van der Waals surface area contributed by atoms with Gasteiger partial charge >= 0.3 is 0 Å². The number of ether oxygens (including phenoxy) is 1. The van der Waals surface area contributed by atoms with Crippen molar-refractivity contribution >= 4 is 10.0 Å².